The van der Waals surface area contributed by atoms with Crippen LogP contribution in [0.3, 0.4) is 0 Å². The van der Waals surface area contributed by atoms with Crippen molar-refractivity contribution in [2.75, 3.05) is 20.3 Å². The number of nitrogens with one attached hydrogen (secondary N) is 1. The lowest BCUT2D eigenvalue weighted by Gasteiger charge is -2.31. The summed E-state index contributed by atoms with van der Waals surface area (Å²) in [4.78, 5) is 4.50. The lowest BCUT2D eigenvalue weighted by Crippen LogP contribution is -2.50. The van der Waals surface area contributed by atoms with E-state index in [2.05, 4.69) is 10.3 Å². The van der Waals surface area contributed by atoms with E-state index in [1.54, 1.807) is 37.6 Å². The van der Waals surface area contributed by atoms with E-state index >= 15 is 0 Å². The fourth-order valence-corrected chi connectivity index (χ4v) is 3.20. The molecule has 0 amide bonds. The summed E-state index contributed by atoms with van der Waals surface area (Å²) < 4.78 is 11.4. The van der Waals surface area contributed by atoms with Crippen LogP contribution in [0.15, 0.2) is 59.2 Å². The Morgan fingerprint density at radius 1 is 1.00 bits per heavy atom. The quantitative estimate of drug-likeness (QED) is 0.392. The molecule has 3 rings (SSSR count). The van der Waals surface area contributed by atoms with Crippen LogP contribution in [0.1, 0.15) is 43.7 Å². The fraction of sp³-hybridized carbons (Fsp3) is 0.375. The molecule has 0 saturated heterocycles. The van der Waals surface area contributed by atoms with Crippen molar-refractivity contribution in [1.82, 2.24) is 10.3 Å². The number of aromatic nitrogens is 1. The van der Waals surface area contributed by atoms with Crippen LogP contribution in [-0.4, -0.2) is 46.1 Å². The Morgan fingerprint density at radius 3 is 2.06 bits per heavy atom. The highest BCUT2D eigenvalue weighted by molar-refractivity contribution is 5.59. The topological polar surface area (TPSA) is 108 Å². The van der Waals surface area contributed by atoms with Crippen molar-refractivity contribution in [3.63, 3.8) is 0 Å². The van der Waals surface area contributed by atoms with Crippen molar-refractivity contribution in [2.24, 2.45) is 0 Å². The molecule has 1 unspecified atom stereocenters. The predicted octanol–water partition coefficient (Wildman–Crippen LogP) is 3.62. The number of rotatable bonds is 10. The molecule has 0 aliphatic carbocycles. The Hall–Kier alpha value is -2.71. The van der Waals surface area contributed by atoms with E-state index in [-0.39, 0.29) is 25.6 Å². The summed E-state index contributed by atoms with van der Waals surface area (Å²) in [5.41, 5.74) is 1.48. The molecule has 2 aromatic carbocycles. The van der Waals surface area contributed by atoms with Crippen molar-refractivity contribution in [1.29, 1.82) is 0 Å². The molecular formula is C24H30N2O5. The Labute approximate surface area is 182 Å². The lowest BCUT2D eigenvalue weighted by atomic mass is 9.91. The number of ether oxygens (including phenoxy) is 1. The molecule has 4 N–H and O–H groups in total. The Morgan fingerprint density at radius 2 is 1.58 bits per heavy atom. The van der Waals surface area contributed by atoms with Gasteiger partial charge in [0.15, 0.2) is 5.89 Å². The van der Waals surface area contributed by atoms with E-state index < -0.39 is 11.6 Å². The van der Waals surface area contributed by atoms with Gasteiger partial charge in [-0.3, -0.25) is 0 Å². The van der Waals surface area contributed by atoms with Crippen LogP contribution >= 0.6 is 0 Å². The highest BCUT2D eigenvalue weighted by Crippen LogP contribution is 2.29. The molecular weight excluding hydrogens is 396 g/mol. The van der Waals surface area contributed by atoms with E-state index in [1.165, 1.54) is 0 Å². The number of hydrogen-bond acceptors (Lipinski definition) is 7. The van der Waals surface area contributed by atoms with Crippen LogP contribution in [0, 0.1) is 0 Å². The van der Waals surface area contributed by atoms with Gasteiger partial charge in [-0.05, 0) is 49.0 Å². The minimum atomic E-state index is -0.934. The molecule has 0 radical (unpaired) electrons. The van der Waals surface area contributed by atoms with E-state index in [0.717, 1.165) is 11.3 Å². The highest BCUT2D eigenvalue weighted by atomic mass is 16.5. The van der Waals surface area contributed by atoms with Gasteiger partial charge in [-0.25, -0.2) is 4.98 Å². The first-order valence-electron chi connectivity index (χ1n) is 10.3. The van der Waals surface area contributed by atoms with E-state index in [9.17, 15) is 15.3 Å². The molecule has 1 aromatic heterocycles. The van der Waals surface area contributed by atoms with Gasteiger partial charge in [0.05, 0.1) is 24.9 Å². The van der Waals surface area contributed by atoms with Gasteiger partial charge < -0.3 is 29.8 Å². The molecule has 7 nitrogen and oxygen atoms in total. The third kappa shape index (κ3) is 5.51. The molecule has 0 saturated carbocycles. The summed E-state index contributed by atoms with van der Waals surface area (Å²) >= 11 is 0. The minimum Gasteiger partial charge on any atom is -0.457 e. The molecule has 0 aliphatic heterocycles. The molecule has 0 fully saturated rings. The van der Waals surface area contributed by atoms with E-state index in [1.807, 2.05) is 38.1 Å². The molecule has 31 heavy (non-hydrogen) atoms. The third-order valence-corrected chi connectivity index (χ3v) is 5.39. The number of hydrogen-bond donors (Lipinski definition) is 4. The average molecular weight is 427 g/mol. The summed E-state index contributed by atoms with van der Waals surface area (Å²) in [7, 11) is 1.65. The van der Waals surface area contributed by atoms with E-state index in [0.29, 0.717) is 23.0 Å². The first-order valence-corrected chi connectivity index (χ1v) is 10.3. The average Bonchev–Trinajstić information content (AvgIpc) is 3.29. The zero-order chi connectivity index (χ0) is 22.4. The second kappa shape index (κ2) is 10.1. The molecule has 1 heterocycles. The summed E-state index contributed by atoms with van der Waals surface area (Å²) in [5.74, 6) is 2.26. The van der Waals surface area contributed by atoms with Crippen molar-refractivity contribution in [3.8, 4) is 22.8 Å². The van der Waals surface area contributed by atoms with Crippen molar-refractivity contribution in [3.05, 3.63) is 66.2 Å². The van der Waals surface area contributed by atoms with Crippen molar-refractivity contribution < 1.29 is 24.5 Å². The van der Waals surface area contributed by atoms with Gasteiger partial charge in [0, 0.05) is 17.9 Å². The van der Waals surface area contributed by atoms with Gasteiger partial charge in [0.1, 0.15) is 23.5 Å². The van der Waals surface area contributed by atoms with Crippen LogP contribution in [0.4, 0.5) is 0 Å². The molecule has 1 atom stereocenters. The monoisotopic (exact) mass is 426 g/mol. The maximum Gasteiger partial charge on any atom is 0.197 e. The predicted molar refractivity (Wildman–Crippen MR) is 118 cm³/mol. The molecule has 166 valence electrons. The maximum absolute atomic E-state index is 10.5. The van der Waals surface area contributed by atoms with Gasteiger partial charge in [0.25, 0.3) is 0 Å². The molecule has 0 spiro atoms. The van der Waals surface area contributed by atoms with Gasteiger partial charge in [0.2, 0.25) is 0 Å². The molecule has 0 bridgehead atoms. The summed E-state index contributed by atoms with van der Waals surface area (Å²) in [6.45, 7) is 3.52. The number of aliphatic hydroxyl groups excluding tert-OH is 3. The number of likely N-dealkylation sites (N-methyl/N-ethyl adjacent to an activating group) is 1. The Kier molecular flexibility index (Phi) is 7.46. The second-order valence-electron chi connectivity index (χ2n) is 7.99. The van der Waals surface area contributed by atoms with Gasteiger partial charge >= 0.3 is 0 Å². The fourth-order valence-electron chi connectivity index (χ4n) is 3.20. The lowest BCUT2D eigenvalue weighted by molar-refractivity contribution is 0.0435. The van der Waals surface area contributed by atoms with Crippen molar-refractivity contribution >= 4 is 0 Å². The van der Waals surface area contributed by atoms with Gasteiger partial charge in [-0.1, -0.05) is 26.0 Å². The summed E-state index contributed by atoms with van der Waals surface area (Å²) in [6, 6.07) is 14.7. The van der Waals surface area contributed by atoms with Gasteiger partial charge in [-0.15, -0.1) is 0 Å². The minimum absolute atomic E-state index is 0.179. The van der Waals surface area contributed by atoms with Crippen LogP contribution < -0.4 is 10.1 Å². The van der Waals surface area contributed by atoms with E-state index in [4.69, 9.17) is 9.15 Å². The normalized spacial score (nSPS) is 12.9. The zero-order valence-electron chi connectivity index (χ0n) is 18.1. The Balaban J connectivity index is 1.64. The number of aliphatic hydroxyl groups is 3. The smallest absolute Gasteiger partial charge is 0.197 e. The zero-order valence-corrected chi connectivity index (χ0v) is 18.1. The number of oxazole rings is 1. The third-order valence-electron chi connectivity index (χ3n) is 5.39. The number of benzene rings is 2. The van der Waals surface area contributed by atoms with Crippen LogP contribution in [-0.2, 0) is 0 Å². The first kappa shape index (κ1) is 23.0. The van der Waals surface area contributed by atoms with Gasteiger partial charge in [-0.2, -0.15) is 0 Å². The van der Waals surface area contributed by atoms with Crippen LogP contribution in [0.5, 0.6) is 11.5 Å². The first-order chi connectivity index (χ1) is 14.9. The van der Waals surface area contributed by atoms with Crippen LogP contribution in [0.25, 0.3) is 11.3 Å². The highest BCUT2D eigenvalue weighted by Gasteiger charge is 2.30. The summed E-state index contributed by atoms with van der Waals surface area (Å²) in [6.07, 6.45) is 1.00. The maximum atomic E-state index is 10.5. The molecule has 3 aromatic rings. The standard InChI is InChI=1S/C24H30N2O5/c1-16(2)23-26-21(13-30-23)17-4-8-19(9-5-17)31-20-10-6-18(7-11-20)22(29)12-24(14-27,15-28)25-3/h4-11,13,16,22,25,27-29H,12,14-15H2,1-3H3. The molecule has 0 aliphatic rings. The van der Waals surface area contributed by atoms with Crippen LogP contribution in [0.2, 0.25) is 0 Å². The Bertz CT molecular complexity index is 939. The largest absolute Gasteiger partial charge is 0.457 e. The molecule has 7 heteroatoms. The summed E-state index contributed by atoms with van der Waals surface area (Å²) in [5, 5.41) is 32.4. The number of nitrogens with zero attached hydrogens (tertiary/aromatic N) is 1. The second-order valence-corrected chi connectivity index (χ2v) is 7.99. The SMILES string of the molecule is CNC(CO)(CO)CC(O)c1ccc(Oc2ccc(-c3coc(C(C)C)n3)cc2)cc1. The van der Waals surface area contributed by atoms with Crippen molar-refractivity contribution in [2.45, 2.75) is 37.8 Å².